The average Bonchev–Trinajstić information content (AvgIpc) is 3.12. The van der Waals surface area contributed by atoms with Crippen LogP contribution in [-0.4, -0.2) is 34.0 Å². The second-order valence-corrected chi connectivity index (χ2v) is 11.3. The molecule has 1 N–H and O–H groups in total. The van der Waals surface area contributed by atoms with Crippen LogP contribution in [0.5, 0.6) is 5.75 Å². The molecule has 0 saturated heterocycles. The first-order valence-electron chi connectivity index (χ1n) is 12.1. The van der Waals surface area contributed by atoms with Gasteiger partial charge >= 0.3 is 5.97 Å². The third-order valence-corrected chi connectivity index (χ3v) is 6.74. The zero-order valence-corrected chi connectivity index (χ0v) is 21.9. The predicted molar refractivity (Wildman–Crippen MR) is 142 cm³/mol. The molecule has 4 rings (SSSR count). The van der Waals surface area contributed by atoms with Gasteiger partial charge in [-0.2, -0.15) is 0 Å². The van der Waals surface area contributed by atoms with Crippen LogP contribution < -0.4 is 4.74 Å². The van der Waals surface area contributed by atoms with E-state index in [-0.39, 0.29) is 17.9 Å². The van der Waals surface area contributed by atoms with Crippen LogP contribution in [0.25, 0.3) is 0 Å². The van der Waals surface area contributed by atoms with Gasteiger partial charge in [-0.1, -0.05) is 68.8 Å². The molecular weight excluding hydrogens is 474 g/mol. The molecule has 3 aromatic carbocycles. The standard InChI is InChI=1S/C30H32ClNO4/c1-29(2,3)24-11-8-20(9-12-24)16-30(4)17-23-15-22(10-13-26(23)36-30)28(35)32(19-27(33)34)18-21-6-5-7-25(31)14-21/h5-15H,16-19H2,1-4H3,(H,33,34). The summed E-state index contributed by atoms with van der Waals surface area (Å²) >= 11 is 6.07. The summed E-state index contributed by atoms with van der Waals surface area (Å²) in [4.78, 5) is 26.1. The first-order chi connectivity index (χ1) is 16.9. The molecule has 188 valence electrons. The Balaban J connectivity index is 1.50. The van der Waals surface area contributed by atoms with E-state index in [2.05, 4.69) is 52.0 Å². The molecule has 1 aliphatic heterocycles. The Labute approximate surface area is 217 Å². The zero-order valence-electron chi connectivity index (χ0n) is 21.2. The largest absolute Gasteiger partial charge is 0.487 e. The van der Waals surface area contributed by atoms with Gasteiger partial charge in [0.1, 0.15) is 17.9 Å². The Kier molecular flexibility index (Phi) is 7.14. The number of fused-ring (bicyclic) bond motifs is 1. The van der Waals surface area contributed by atoms with Crippen molar-refractivity contribution in [2.75, 3.05) is 6.54 Å². The van der Waals surface area contributed by atoms with Gasteiger partial charge in [-0.25, -0.2) is 0 Å². The number of amides is 1. The van der Waals surface area contributed by atoms with E-state index in [9.17, 15) is 14.7 Å². The fourth-order valence-corrected chi connectivity index (χ4v) is 4.92. The maximum Gasteiger partial charge on any atom is 0.323 e. The molecule has 0 aliphatic carbocycles. The normalized spacial score (nSPS) is 16.8. The van der Waals surface area contributed by atoms with Crippen molar-refractivity contribution in [1.82, 2.24) is 4.90 Å². The summed E-state index contributed by atoms with van der Waals surface area (Å²) in [6.07, 6.45) is 1.41. The molecule has 0 spiro atoms. The molecule has 0 radical (unpaired) electrons. The lowest BCUT2D eigenvalue weighted by atomic mass is 9.85. The van der Waals surface area contributed by atoms with Gasteiger partial charge in [-0.05, 0) is 64.9 Å². The van der Waals surface area contributed by atoms with Crippen molar-refractivity contribution in [3.05, 3.63) is 99.6 Å². The molecule has 6 heteroatoms. The first-order valence-corrected chi connectivity index (χ1v) is 12.5. The third kappa shape index (κ3) is 6.08. The van der Waals surface area contributed by atoms with Crippen LogP contribution in [0, 0.1) is 0 Å². The van der Waals surface area contributed by atoms with Crippen molar-refractivity contribution in [3.8, 4) is 5.75 Å². The van der Waals surface area contributed by atoms with Crippen LogP contribution in [0.15, 0.2) is 66.7 Å². The highest BCUT2D eigenvalue weighted by atomic mass is 35.5. The summed E-state index contributed by atoms with van der Waals surface area (Å²) in [5.74, 6) is -0.647. The van der Waals surface area contributed by atoms with Crippen LogP contribution in [0.4, 0.5) is 0 Å². The predicted octanol–water partition coefficient (Wildman–Crippen LogP) is 6.30. The number of carbonyl (C=O) groups excluding carboxylic acids is 1. The number of hydrogen-bond donors (Lipinski definition) is 1. The van der Waals surface area contributed by atoms with Crippen molar-refractivity contribution >= 4 is 23.5 Å². The molecule has 1 atom stereocenters. The van der Waals surface area contributed by atoms with Gasteiger partial charge in [0, 0.05) is 30.0 Å². The fraction of sp³-hybridized carbons (Fsp3) is 0.333. The van der Waals surface area contributed by atoms with E-state index < -0.39 is 18.1 Å². The molecule has 0 aromatic heterocycles. The lowest BCUT2D eigenvalue weighted by Gasteiger charge is -2.25. The molecular formula is C30H32ClNO4. The van der Waals surface area contributed by atoms with Crippen molar-refractivity contribution in [1.29, 1.82) is 0 Å². The zero-order chi connectivity index (χ0) is 26.1. The second-order valence-electron chi connectivity index (χ2n) is 10.9. The summed E-state index contributed by atoms with van der Waals surface area (Å²) in [7, 11) is 0. The number of hydrogen-bond acceptors (Lipinski definition) is 3. The number of benzene rings is 3. The molecule has 1 amide bonds. The quantitative estimate of drug-likeness (QED) is 0.409. The lowest BCUT2D eigenvalue weighted by molar-refractivity contribution is -0.137. The van der Waals surface area contributed by atoms with Gasteiger partial charge in [0.2, 0.25) is 0 Å². The summed E-state index contributed by atoms with van der Waals surface area (Å²) < 4.78 is 6.33. The van der Waals surface area contributed by atoms with E-state index in [1.807, 2.05) is 18.2 Å². The topological polar surface area (TPSA) is 66.8 Å². The SMILES string of the molecule is CC1(Cc2ccc(C(C)(C)C)cc2)Cc2cc(C(=O)N(CC(=O)O)Cc3cccc(Cl)c3)ccc2O1. The highest BCUT2D eigenvalue weighted by molar-refractivity contribution is 6.30. The summed E-state index contributed by atoms with van der Waals surface area (Å²) in [5, 5.41) is 9.94. The van der Waals surface area contributed by atoms with Gasteiger partial charge in [0.05, 0.1) is 0 Å². The smallest absolute Gasteiger partial charge is 0.323 e. The Morgan fingerprint density at radius 1 is 1.03 bits per heavy atom. The van der Waals surface area contributed by atoms with Gasteiger partial charge in [-0.15, -0.1) is 0 Å². The molecule has 3 aromatic rings. The Hall–Kier alpha value is -3.31. The van der Waals surface area contributed by atoms with Gasteiger partial charge in [0.25, 0.3) is 5.91 Å². The van der Waals surface area contributed by atoms with Crippen LogP contribution in [0.3, 0.4) is 0 Å². The molecule has 1 aliphatic rings. The van der Waals surface area contributed by atoms with Gasteiger partial charge in [0.15, 0.2) is 0 Å². The highest BCUT2D eigenvalue weighted by Crippen LogP contribution is 2.38. The molecule has 1 heterocycles. The van der Waals surface area contributed by atoms with Gasteiger partial charge in [-0.3, -0.25) is 9.59 Å². The summed E-state index contributed by atoms with van der Waals surface area (Å²) in [6.45, 7) is 8.44. The molecule has 0 fully saturated rings. The van der Waals surface area contributed by atoms with E-state index in [0.717, 1.165) is 23.3 Å². The van der Waals surface area contributed by atoms with E-state index in [1.165, 1.54) is 16.0 Å². The number of carboxylic acids is 1. The minimum Gasteiger partial charge on any atom is -0.487 e. The fourth-order valence-electron chi connectivity index (χ4n) is 4.71. The van der Waals surface area contributed by atoms with Crippen LogP contribution in [-0.2, 0) is 29.6 Å². The molecule has 36 heavy (non-hydrogen) atoms. The van der Waals surface area contributed by atoms with E-state index in [1.54, 1.807) is 24.3 Å². The minimum atomic E-state index is -1.07. The Morgan fingerprint density at radius 3 is 2.39 bits per heavy atom. The number of rotatable bonds is 7. The van der Waals surface area contributed by atoms with Crippen LogP contribution in [0.1, 0.15) is 60.3 Å². The van der Waals surface area contributed by atoms with E-state index in [4.69, 9.17) is 16.3 Å². The van der Waals surface area contributed by atoms with Crippen molar-refractivity contribution < 1.29 is 19.4 Å². The summed E-state index contributed by atoms with van der Waals surface area (Å²) in [6, 6.07) is 21.1. The maximum absolute atomic E-state index is 13.3. The number of ether oxygens (including phenoxy) is 1. The third-order valence-electron chi connectivity index (χ3n) is 6.50. The minimum absolute atomic E-state index is 0.104. The maximum atomic E-state index is 13.3. The lowest BCUT2D eigenvalue weighted by Crippen LogP contribution is -2.35. The number of nitrogens with zero attached hydrogens (tertiary/aromatic N) is 1. The van der Waals surface area contributed by atoms with Crippen molar-refractivity contribution in [2.45, 2.75) is 58.1 Å². The van der Waals surface area contributed by atoms with Crippen molar-refractivity contribution in [3.63, 3.8) is 0 Å². The Morgan fingerprint density at radius 2 is 1.75 bits per heavy atom. The Bertz CT molecular complexity index is 1280. The van der Waals surface area contributed by atoms with Crippen LogP contribution >= 0.6 is 11.6 Å². The van der Waals surface area contributed by atoms with E-state index in [0.29, 0.717) is 17.0 Å². The number of aliphatic carboxylic acids is 1. The average molecular weight is 506 g/mol. The number of carboxylic acid groups (broad SMARTS) is 1. The molecule has 0 saturated carbocycles. The highest BCUT2D eigenvalue weighted by Gasteiger charge is 2.35. The monoisotopic (exact) mass is 505 g/mol. The molecule has 0 bridgehead atoms. The van der Waals surface area contributed by atoms with E-state index >= 15 is 0 Å². The van der Waals surface area contributed by atoms with Crippen molar-refractivity contribution in [2.24, 2.45) is 0 Å². The molecule has 5 nitrogen and oxygen atoms in total. The van der Waals surface area contributed by atoms with Gasteiger partial charge < -0.3 is 14.7 Å². The summed E-state index contributed by atoms with van der Waals surface area (Å²) in [5.41, 5.74) is 4.34. The first kappa shape index (κ1) is 25.8. The number of halogens is 1. The van der Waals surface area contributed by atoms with Crippen LogP contribution in [0.2, 0.25) is 5.02 Å². The second kappa shape index (κ2) is 9.98. The number of carbonyl (C=O) groups is 2. The molecule has 1 unspecified atom stereocenters.